The maximum absolute atomic E-state index is 12.4. The van der Waals surface area contributed by atoms with Gasteiger partial charge in [-0.1, -0.05) is 30.0 Å². The Morgan fingerprint density at radius 2 is 1.97 bits per heavy atom. The van der Waals surface area contributed by atoms with Gasteiger partial charge in [-0.3, -0.25) is 9.48 Å². The lowest BCUT2D eigenvalue weighted by atomic mass is 10.1. The molecule has 0 amide bonds. The van der Waals surface area contributed by atoms with E-state index in [4.69, 9.17) is 9.47 Å². The summed E-state index contributed by atoms with van der Waals surface area (Å²) in [6.45, 7) is 2.02. The third kappa shape index (κ3) is 5.39. The molecule has 0 spiro atoms. The van der Waals surface area contributed by atoms with Gasteiger partial charge in [0, 0.05) is 37.2 Å². The molecule has 0 bridgehead atoms. The molecule has 2 aromatic heterocycles. The minimum absolute atomic E-state index is 0.133. The van der Waals surface area contributed by atoms with Crippen molar-refractivity contribution < 1.29 is 9.47 Å². The quantitative estimate of drug-likeness (QED) is 0.316. The third-order valence-electron chi connectivity index (χ3n) is 4.82. The molecular formula is C24H24N4O3S. The largest absolute Gasteiger partial charge is 0.493 e. The fraction of sp³-hybridized carbons (Fsp3) is 0.208. The Morgan fingerprint density at radius 1 is 1.09 bits per heavy atom. The predicted molar refractivity (Wildman–Crippen MR) is 125 cm³/mol. The molecule has 164 valence electrons. The number of ether oxygens (including phenoxy) is 2. The number of nitrogens with zero attached hydrogens (tertiary/aromatic N) is 3. The summed E-state index contributed by atoms with van der Waals surface area (Å²) in [5, 5.41) is 4.70. The van der Waals surface area contributed by atoms with Crippen LogP contribution < -0.4 is 15.0 Å². The SMILES string of the molecule is COc1cc(CSc2ncc(Cc3cnn(C)c3)c(=O)[nH]2)ccc1Oc1cccc(C)c1. The molecule has 0 saturated carbocycles. The van der Waals surface area contributed by atoms with Gasteiger partial charge < -0.3 is 14.5 Å². The summed E-state index contributed by atoms with van der Waals surface area (Å²) >= 11 is 1.46. The summed E-state index contributed by atoms with van der Waals surface area (Å²) in [5.74, 6) is 2.70. The molecule has 4 aromatic rings. The van der Waals surface area contributed by atoms with Gasteiger partial charge in [0.1, 0.15) is 5.75 Å². The lowest BCUT2D eigenvalue weighted by molar-refractivity contribution is 0.378. The number of aromatic nitrogens is 4. The summed E-state index contributed by atoms with van der Waals surface area (Å²) < 4.78 is 13.2. The van der Waals surface area contributed by atoms with Gasteiger partial charge in [0.25, 0.3) is 5.56 Å². The van der Waals surface area contributed by atoms with E-state index in [1.807, 2.05) is 62.6 Å². The second-order valence-electron chi connectivity index (χ2n) is 7.43. The van der Waals surface area contributed by atoms with E-state index in [1.54, 1.807) is 24.2 Å². The minimum atomic E-state index is -0.133. The monoisotopic (exact) mass is 448 g/mol. The van der Waals surface area contributed by atoms with Crippen molar-refractivity contribution >= 4 is 11.8 Å². The van der Waals surface area contributed by atoms with E-state index in [1.165, 1.54) is 11.8 Å². The molecule has 0 unspecified atom stereocenters. The Hall–Kier alpha value is -3.52. The van der Waals surface area contributed by atoms with Gasteiger partial charge >= 0.3 is 0 Å². The van der Waals surface area contributed by atoms with Gasteiger partial charge in [-0.15, -0.1) is 0 Å². The van der Waals surface area contributed by atoms with E-state index in [0.29, 0.717) is 34.4 Å². The van der Waals surface area contributed by atoms with Crippen LogP contribution >= 0.6 is 11.8 Å². The number of aromatic amines is 1. The number of H-pyrrole nitrogens is 1. The van der Waals surface area contributed by atoms with Crippen molar-refractivity contribution in [3.8, 4) is 17.2 Å². The van der Waals surface area contributed by atoms with Crippen LogP contribution in [0.3, 0.4) is 0 Å². The number of rotatable bonds is 8. The number of benzene rings is 2. The smallest absolute Gasteiger partial charge is 0.255 e. The van der Waals surface area contributed by atoms with E-state index < -0.39 is 0 Å². The highest BCUT2D eigenvalue weighted by Crippen LogP contribution is 2.34. The van der Waals surface area contributed by atoms with Crippen molar-refractivity contribution in [2.45, 2.75) is 24.3 Å². The Labute approximate surface area is 190 Å². The summed E-state index contributed by atoms with van der Waals surface area (Å²) in [6, 6.07) is 13.7. The first-order chi connectivity index (χ1) is 15.5. The maximum atomic E-state index is 12.4. The Bertz CT molecular complexity index is 1280. The molecule has 7 nitrogen and oxygen atoms in total. The highest BCUT2D eigenvalue weighted by Gasteiger charge is 2.10. The van der Waals surface area contributed by atoms with Crippen molar-refractivity contribution in [2.24, 2.45) is 7.05 Å². The molecule has 2 heterocycles. The first-order valence-electron chi connectivity index (χ1n) is 10.1. The van der Waals surface area contributed by atoms with Gasteiger partial charge in [0.15, 0.2) is 16.7 Å². The van der Waals surface area contributed by atoms with Crippen LogP contribution in [0.5, 0.6) is 17.2 Å². The predicted octanol–water partition coefficient (Wildman–Crippen LogP) is 4.50. The Balaban J connectivity index is 1.42. The average Bonchev–Trinajstić information content (AvgIpc) is 3.19. The van der Waals surface area contributed by atoms with E-state index >= 15 is 0 Å². The van der Waals surface area contributed by atoms with Gasteiger partial charge in [-0.25, -0.2) is 4.98 Å². The van der Waals surface area contributed by atoms with Crippen molar-refractivity contribution in [3.05, 3.63) is 93.7 Å². The van der Waals surface area contributed by atoms with Crippen molar-refractivity contribution in [1.29, 1.82) is 0 Å². The van der Waals surface area contributed by atoms with E-state index in [-0.39, 0.29) is 5.56 Å². The van der Waals surface area contributed by atoms with E-state index in [0.717, 1.165) is 22.4 Å². The molecular weight excluding hydrogens is 424 g/mol. The van der Waals surface area contributed by atoms with Gasteiger partial charge in [0.2, 0.25) is 0 Å². The van der Waals surface area contributed by atoms with Crippen LogP contribution in [-0.4, -0.2) is 26.9 Å². The highest BCUT2D eigenvalue weighted by atomic mass is 32.2. The maximum Gasteiger partial charge on any atom is 0.255 e. The lowest BCUT2D eigenvalue weighted by Crippen LogP contribution is -2.14. The van der Waals surface area contributed by atoms with Crippen LogP contribution in [0.4, 0.5) is 0 Å². The normalized spacial score (nSPS) is 10.8. The molecule has 0 fully saturated rings. The van der Waals surface area contributed by atoms with Crippen LogP contribution in [-0.2, 0) is 19.2 Å². The minimum Gasteiger partial charge on any atom is -0.493 e. The molecule has 1 N–H and O–H groups in total. The van der Waals surface area contributed by atoms with Crippen LogP contribution in [0.1, 0.15) is 22.3 Å². The van der Waals surface area contributed by atoms with Gasteiger partial charge in [-0.2, -0.15) is 5.10 Å². The summed E-state index contributed by atoms with van der Waals surface area (Å²) in [5.41, 5.74) is 3.61. The van der Waals surface area contributed by atoms with Gasteiger partial charge in [-0.05, 0) is 47.9 Å². The highest BCUT2D eigenvalue weighted by molar-refractivity contribution is 7.98. The van der Waals surface area contributed by atoms with Crippen LogP contribution in [0.2, 0.25) is 0 Å². The molecule has 32 heavy (non-hydrogen) atoms. The summed E-state index contributed by atoms with van der Waals surface area (Å²) in [7, 11) is 3.47. The number of hydrogen-bond donors (Lipinski definition) is 1. The first-order valence-corrected chi connectivity index (χ1v) is 11.1. The zero-order valence-corrected chi connectivity index (χ0v) is 19.0. The number of thioether (sulfide) groups is 1. The summed E-state index contributed by atoms with van der Waals surface area (Å²) in [6.07, 6.45) is 5.78. The first kappa shape index (κ1) is 21.7. The molecule has 4 rings (SSSR count). The second-order valence-corrected chi connectivity index (χ2v) is 8.40. The second kappa shape index (κ2) is 9.74. The van der Waals surface area contributed by atoms with Gasteiger partial charge in [0.05, 0.1) is 13.3 Å². The fourth-order valence-electron chi connectivity index (χ4n) is 3.23. The van der Waals surface area contributed by atoms with Crippen LogP contribution in [0.15, 0.2) is 71.0 Å². The van der Waals surface area contributed by atoms with Crippen molar-refractivity contribution in [2.75, 3.05) is 7.11 Å². The molecule has 0 aliphatic heterocycles. The molecule has 0 aliphatic rings. The molecule has 0 saturated heterocycles. The zero-order valence-electron chi connectivity index (χ0n) is 18.2. The van der Waals surface area contributed by atoms with Crippen molar-refractivity contribution in [1.82, 2.24) is 19.7 Å². The molecule has 0 radical (unpaired) electrons. The lowest BCUT2D eigenvalue weighted by Gasteiger charge is -2.12. The Kier molecular flexibility index (Phi) is 6.61. The summed E-state index contributed by atoms with van der Waals surface area (Å²) in [4.78, 5) is 19.7. The van der Waals surface area contributed by atoms with E-state index in [9.17, 15) is 4.79 Å². The number of methoxy groups -OCH3 is 1. The van der Waals surface area contributed by atoms with E-state index in [2.05, 4.69) is 15.1 Å². The molecule has 2 aromatic carbocycles. The third-order valence-corrected chi connectivity index (χ3v) is 5.78. The molecule has 0 aliphatic carbocycles. The number of hydrogen-bond acceptors (Lipinski definition) is 6. The molecule has 8 heteroatoms. The van der Waals surface area contributed by atoms with Crippen molar-refractivity contribution in [3.63, 3.8) is 0 Å². The standard InChI is InChI=1S/C24H24N4O3S/c1-16-5-4-6-20(9-16)31-21-8-7-17(11-22(21)30-3)15-32-24-25-13-19(23(29)27-24)10-18-12-26-28(2)14-18/h4-9,11-14H,10,15H2,1-3H3,(H,25,27,29). The average molecular weight is 449 g/mol. The van der Waals surface area contributed by atoms with Crippen LogP contribution in [0.25, 0.3) is 0 Å². The fourth-order valence-corrected chi connectivity index (χ4v) is 4.01. The number of nitrogens with one attached hydrogen (secondary N) is 1. The molecule has 0 atom stereocenters. The Morgan fingerprint density at radius 3 is 2.69 bits per heavy atom. The zero-order chi connectivity index (χ0) is 22.5. The number of aryl methyl sites for hydroxylation is 2. The topological polar surface area (TPSA) is 82.0 Å². The van der Waals surface area contributed by atoms with Crippen LogP contribution in [0, 0.1) is 6.92 Å².